The molecule has 2 nitrogen and oxygen atoms in total. The quantitative estimate of drug-likeness (QED) is 0.878. The average Bonchev–Trinajstić information content (AvgIpc) is 3.21. The van der Waals surface area contributed by atoms with Gasteiger partial charge in [0.05, 0.1) is 11.4 Å². The highest BCUT2D eigenvalue weighted by molar-refractivity contribution is 7.10. The maximum absolute atomic E-state index is 11.2. The van der Waals surface area contributed by atoms with Crippen LogP contribution in [-0.4, -0.2) is 29.6 Å². The standard InChI is InChI=1S/C19H21NOS/c1-16-7-9-17(10-8-16)19(21,18-6-4-15-22-18)11-5-14-20-12-2-3-13-20/h4,6-10,15,21H,2-3,12-14H2,1H3. The van der Waals surface area contributed by atoms with E-state index in [0.717, 1.165) is 30.1 Å². The summed E-state index contributed by atoms with van der Waals surface area (Å²) in [5.41, 5.74) is 0.818. The van der Waals surface area contributed by atoms with E-state index in [0.29, 0.717) is 0 Å². The Bertz CT molecular complexity index is 660. The normalized spacial score (nSPS) is 17.7. The van der Waals surface area contributed by atoms with Gasteiger partial charge in [-0.15, -0.1) is 11.3 Å². The second-order valence-corrected chi connectivity index (χ2v) is 6.79. The number of hydrogen-bond acceptors (Lipinski definition) is 3. The molecule has 1 aliphatic rings. The lowest BCUT2D eigenvalue weighted by atomic mass is 9.92. The number of aliphatic hydroxyl groups is 1. The topological polar surface area (TPSA) is 23.5 Å². The van der Waals surface area contributed by atoms with Crippen LogP contribution in [0.4, 0.5) is 0 Å². The van der Waals surface area contributed by atoms with Gasteiger partial charge in [-0.25, -0.2) is 0 Å². The molecular weight excluding hydrogens is 290 g/mol. The predicted molar refractivity (Wildman–Crippen MR) is 91.9 cm³/mol. The summed E-state index contributed by atoms with van der Waals surface area (Å²) in [7, 11) is 0. The lowest BCUT2D eigenvalue weighted by molar-refractivity contribution is 0.149. The van der Waals surface area contributed by atoms with E-state index in [1.54, 1.807) is 11.3 Å². The Labute approximate surface area is 136 Å². The number of nitrogens with zero attached hydrogens (tertiary/aromatic N) is 1. The van der Waals surface area contributed by atoms with Gasteiger partial charge >= 0.3 is 0 Å². The van der Waals surface area contributed by atoms with Gasteiger partial charge in [-0.1, -0.05) is 47.7 Å². The van der Waals surface area contributed by atoms with Gasteiger partial charge < -0.3 is 5.11 Å². The highest BCUT2D eigenvalue weighted by Crippen LogP contribution is 2.32. The van der Waals surface area contributed by atoms with Crippen LogP contribution in [0.1, 0.15) is 28.8 Å². The smallest absolute Gasteiger partial charge is 0.186 e. The van der Waals surface area contributed by atoms with Gasteiger partial charge in [0.2, 0.25) is 0 Å². The molecule has 0 spiro atoms. The number of likely N-dealkylation sites (tertiary alicyclic amines) is 1. The molecule has 3 heteroatoms. The molecular formula is C19H21NOS. The van der Waals surface area contributed by atoms with Crippen LogP contribution in [0.5, 0.6) is 0 Å². The molecule has 1 fully saturated rings. The van der Waals surface area contributed by atoms with E-state index in [1.807, 2.05) is 48.7 Å². The molecule has 3 rings (SSSR count). The third kappa shape index (κ3) is 3.25. The Morgan fingerprint density at radius 1 is 1.18 bits per heavy atom. The summed E-state index contributed by atoms with van der Waals surface area (Å²) in [6, 6.07) is 11.9. The first-order chi connectivity index (χ1) is 10.7. The SMILES string of the molecule is Cc1ccc(C(O)(C#CCN2CCCC2)c2cccs2)cc1. The van der Waals surface area contributed by atoms with Crippen molar-refractivity contribution in [3.05, 3.63) is 57.8 Å². The zero-order valence-electron chi connectivity index (χ0n) is 12.9. The van der Waals surface area contributed by atoms with Crippen LogP contribution >= 0.6 is 11.3 Å². The van der Waals surface area contributed by atoms with Gasteiger partial charge in [-0.3, -0.25) is 4.90 Å². The number of thiophene rings is 1. The monoisotopic (exact) mass is 311 g/mol. The minimum Gasteiger partial charge on any atom is -0.369 e. The van der Waals surface area contributed by atoms with Crippen LogP contribution in [-0.2, 0) is 5.60 Å². The van der Waals surface area contributed by atoms with E-state index in [9.17, 15) is 5.11 Å². The first kappa shape index (κ1) is 15.3. The van der Waals surface area contributed by atoms with Crippen molar-refractivity contribution >= 4 is 11.3 Å². The molecule has 1 atom stereocenters. The van der Waals surface area contributed by atoms with E-state index in [2.05, 4.69) is 16.7 Å². The molecule has 0 aliphatic carbocycles. The van der Waals surface area contributed by atoms with Crippen molar-refractivity contribution < 1.29 is 5.11 Å². The molecule has 0 saturated carbocycles. The van der Waals surface area contributed by atoms with Crippen LogP contribution in [0.2, 0.25) is 0 Å². The predicted octanol–water partition coefficient (Wildman–Crippen LogP) is 3.39. The summed E-state index contributed by atoms with van der Waals surface area (Å²) in [6.07, 6.45) is 2.52. The van der Waals surface area contributed by atoms with E-state index >= 15 is 0 Å². The number of hydrogen-bond donors (Lipinski definition) is 1. The first-order valence-corrected chi connectivity index (χ1v) is 8.62. The molecule has 0 radical (unpaired) electrons. The summed E-state index contributed by atoms with van der Waals surface area (Å²) >= 11 is 1.55. The van der Waals surface area contributed by atoms with Crippen molar-refractivity contribution in [2.75, 3.05) is 19.6 Å². The van der Waals surface area contributed by atoms with Gasteiger partial charge in [-0.2, -0.15) is 0 Å². The van der Waals surface area contributed by atoms with Crippen molar-refractivity contribution in [1.29, 1.82) is 0 Å². The molecule has 1 aromatic heterocycles. The highest BCUT2D eigenvalue weighted by Gasteiger charge is 2.30. The first-order valence-electron chi connectivity index (χ1n) is 7.74. The zero-order chi connectivity index (χ0) is 15.4. The fourth-order valence-corrected chi connectivity index (χ4v) is 3.58. The molecule has 114 valence electrons. The maximum atomic E-state index is 11.2. The average molecular weight is 311 g/mol. The zero-order valence-corrected chi connectivity index (χ0v) is 13.7. The summed E-state index contributed by atoms with van der Waals surface area (Å²) in [6.45, 7) is 5.03. The summed E-state index contributed by atoms with van der Waals surface area (Å²) < 4.78 is 0. The van der Waals surface area contributed by atoms with E-state index in [4.69, 9.17) is 0 Å². The molecule has 2 heterocycles. The van der Waals surface area contributed by atoms with Gasteiger partial charge in [0, 0.05) is 5.56 Å². The molecule has 1 saturated heterocycles. The molecule has 0 amide bonds. The molecule has 22 heavy (non-hydrogen) atoms. The molecule has 0 bridgehead atoms. The van der Waals surface area contributed by atoms with Crippen molar-refractivity contribution in [3.8, 4) is 11.8 Å². The highest BCUT2D eigenvalue weighted by atomic mass is 32.1. The third-order valence-electron chi connectivity index (χ3n) is 4.12. The van der Waals surface area contributed by atoms with E-state index < -0.39 is 5.60 Å². The van der Waals surface area contributed by atoms with Crippen molar-refractivity contribution in [3.63, 3.8) is 0 Å². The minimum atomic E-state index is -1.21. The lowest BCUT2D eigenvalue weighted by Crippen LogP contribution is -2.25. The van der Waals surface area contributed by atoms with Crippen molar-refractivity contribution in [2.45, 2.75) is 25.4 Å². The van der Waals surface area contributed by atoms with Gasteiger partial charge in [-0.05, 0) is 44.3 Å². The Morgan fingerprint density at radius 2 is 1.91 bits per heavy atom. The van der Waals surface area contributed by atoms with Gasteiger partial charge in [0.1, 0.15) is 0 Å². The van der Waals surface area contributed by atoms with Gasteiger partial charge in [0.15, 0.2) is 5.60 Å². The molecule has 1 unspecified atom stereocenters. The molecule has 1 N–H and O–H groups in total. The number of rotatable bonds is 3. The fourth-order valence-electron chi connectivity index (χ4n) is 2.78. The minimum absolute atomic E-state index is 0.736. The number of aryl methyl sites for hydroxylation is 1. The third-order valence-corrected chi connectivity index (χ3v) is 5.10. The Hall–Kier alpha value is -1.60. The Balaban J connectivity index is 1.89. The summed E-state index contributed by atoms with van der Waals surface area (Å²) in [5.74, 6) is 6.34. The van der Waals surface area contributed by atoms with E-state index in [-0.39, 0.29) is 0 Å². The summed E-state index contributed by atoms with van der Waals surface area (Å²) in [5, 5.41) is 13.2. The van der Waals surface area contributed by atoms with Crippen LogP contribution in [0.3, 0.4) is 0 Å². The Morgan fingerprint density at radius 3 is 2.55 bits per heavy atom. The summed E-state index contributed by atoms with van der Waals surface area (Å²) in [4.78, 5) is 3.22. The van der Waals surface area contributed by atoms with Crippen LogP contribution in [0.15, 0.2) is 41.8 Å². The fraction of sp³-hybridized carbons (Fsp3) is 0.368. The van der Waals surface area contributed by atoms with Crippen LogP contribution < -0.4 is 0 Å². The van der Waals surface area contributed by atoms with Gasteiger partial charge in [0.25, 0.3) is 0 Å². The second kappa shape index (κ2) is 6.66. The number of benzene rings is 1. The van der Waals surface area contributed by atoms with Crippen LogP contribution in [0, 0.1) is 18.8 Å². The molecule has 1 aromatic carbocycles. The van der Waals surface area contributed by atoms with Crippen molar-refractivity contribution in [1.82, 2.24) is 4.90 Å². The lowest BCUT2D eigenvalue weighted by Gasteiger charge is -2.22. The van der Waals surface area contributed by atoms with E-state index in [1.165, 1.54) is 18.4 Å². The maximum Gasteiger partial charge on any atom is 0.186 e. The second-order valence-electron chi connectivity index (χ2n) is 5.84. The molecule has 1 aliphatic heterocycles. The van der Waals surface area contributed by atoms with Crippen molar-refractivity contribution in [2.24, 2.45) is 0 Å². The van der Waals surface area contributed by atoms with Crippen LogP contribution in [0.25, 0.3) is 0 Å². The largest absolute Gasteiger partial charge is 0.369 e. The molecule has 2 aromatic rings. The Kier molecular flexibility index (Phi) is 4.63.